The molecular weight excluding hydrogens is 278 g/mol. The number of aryl methyl sites for hydroxylation is 2. The summed E-state index contributed by atoms with van der Waals surface area (Å²) in [7, 11) is 1.74. The van der Waals surface area contributed by atoms with E-state index < -0.39 is 11.2 Å². The van der Waals surface area contributed by atoms with Crippen LogP contribution >= 0.6 is 0 Å². The molecule has 0 heterocycles. The van der Waals surface area contributed by atoms with Crippen LogP contribution in [0.2, 0.25) is 0 Å². The molecule has 0 spiro atoms. The molecule has 0 aliphatic heterocycles. The van der Waals surface area contributed by atoms with Crippen molar-refractivity contribution in [3.63, 3.8) is 0 Å². The first-order valence-corrected chi connectivity index (χ1v) is 7.77. The molecule has 1 amide bonds. The van der Waals surface area contributed by atoms with E-state index in [1.807, 2.05) is 46.8 Å². The Morgan fingerprint density at radius 3 is 2.18 bits per heavy atom. The van der Waals surface area contributed by atoms with Gasteiger partial charge in [0, 0.05) is 25.9 Å². The number of nitrogens with zero attached hydrogens (tertiary/aromatic N) is 1. The normalized spacial score (nSPS) is 24.6. The largest absolute Gasteiger partial charge is 0.444 e. The molecule has 0 unspecified atom stereocenters. The molecule has 2 rings (SSSR count). The Kier molecular flexibility index (Phi) is 4.26. The summed E-state index contributed by atoms with van der Waals surface area (Å²) in [4.78, 5) is 13.7. The smallest absolute Gasteiger partial charge is 0.410 e. The molecule has 0 bridgehead atoms. The number of ether oxygens (including phenoxy) is 1. The van der Waals surface area contributed by atoms with Gasteiger partial charge in [0.1, 0.15) is 5.60 Å². The van der Waals surface area contributed by atoms with Gasteiger partial charge in [-0.1, -0.05) is 29.3 Å². The number of hydrogen-bond donors (Lipinski definition) is 1. The number of amides is 1. The van der Waals surface area contributed by atoms with Gasteiger partial charge in [-0.15, -0.1) is 0 Å². The van der Waals surface area contributed by atoms with Gasteiger partial charge in [0.2, 0.25) is 0 Å². The summed E-state index contributed by atoms with van der Waals surface area (Å²) in [5, 5.41) is 10.8. The van der Waals surface area contributed by atoms with Crippen molar-refractivity contribution in [2.75, 3.05) is 7.05 Å². The van der Waals surface area contributed by atoms with Crippen molar-refractivity contribution in [2.24, 2.45) is 0 Å². The van der Waals surface area contributed by atoms with Crippen LogP contribution in [0, 0.1) is 13.8 Å². The van der Waals surface area contributed by atoms with Crippen LogP contribution in [0.15, 0.2) is 18.2 Å². The molecular formula is C18H27NO3. The van der Waals surface area contributed by atoms with Crippen molar-refractivity contribution in [3.05, 3.63) is 34.9 Å². The minimum absolute atomic E-state index is 0.0145. The van der Waals surface area contributed by atoms with Crippen molar-refractivity contribution >= 4 is 6.09 Å². The minimum atomic E-state index is -0.836. The highest BCUT2D eigenvalue weighted by Gasteiger charge is 2.47. The molecule has 1 aromatic carbocycles. The Morgan fingerprint density at radius 1 is 1.23 bits per heavy atom. The summed E-state index contributed by atoms with van der Waals surface area (Å²) in [6.45, 7) is 9.62. The van der Waals surface area contributed by atoms with Crippen LogP contribution in [0.5, 0.6) is 0 Å². The molecule has 0 radical (unpaired) electrons. The van der Waals surface area contributed by atoms with Crippen LogP contribution < -0.4 is 0 Å². The Labute approximate surface area is 133 Å². The number of carbonyl (C=O) groups is 1. The van der Waals surface area contributed by atoms with E-state index in [4.69, 9.17) is 4.74 Å². The average molecular weight is 305 g/mol. The van der Waals surface area contributed by atoms with Crippen molar-refractivity contribution in [1.29, 1.82) is 0 Å². The van der Waals surface area contributed by atoms with Gasteiger partial charge < -0.3 is 14.7 Å². The molecule has 4 heteroatoms. The van der Waals surface area contributed by atoms with Crippen LogP contribution in [0.3, 0.4) is 0 Å². The summed E-state index contributed by atoms with van der Waals surface area (Å²) in [6, 6.07) is 6.16. The zero-order chi connectivity index (χ0) is 16.7. The second-order valence-corrected chi connectivity index (χ2v) is 7.56. The van der Waals surface area contributed by atoms with Gasteiger partial charge in [-0.25, -0.2) is 4.79 Å². The molecule has 1 saturated carbocycles. The monoisotopic (exact) mass is 305 g/mol. The van der Waals surface area contributed by atoms with Gasteiger partial charge in [0.25, 0.3) is 0 Å². The van der Waals surface area contributed by atoms with Gasteiger partial charge in [-0.2, -0.15) is 0 Å². The van der Waals surface area contributed by atoms with E-state index in [2.05, 4.69) is 6.07 Å². The Balaban J connectivity index is 2.02. The standard InChI is InChI=1S/C18H27NO3/c1-12-7-13(2)9-14(8-12)18(21)10-15(11-18)19(6)16(20)22-17(3,4)5/h7-9,15,21H,10-11H2,1-6H3. The Hall–Kier alpha value is -1.55. The van der Waals surface area contributed by atoms with Crippen LogP contribution in [0.25, 0.3) is 0 Å². The van der Waals surface area contributed by atoms with Gasteiger partial charge in [-0.3, -0.25) is 0 Å². The maximum absolute atomic E-state index is 12.1. The highest BCUT2D eigenvalue weighted by Crippen LogP contribution is 2.44. The molecule has 1 N–H and O–H groups in total. The number of benzene rings is 1. The van der Waals surface area contributed by atoms with Crippen LogP contribution in [0.4, 0.5) is 4.79 Å². The van der Waals surface area contributed by atoms with E-state index in [1.54, 1.807) is 11.9 Å². The molecule has 0 saturated heterocycles. The first kappa shape index (κ1) is 16.8. The first-order chi connectivity index (χ1) is 10.00. The average Bonchev–Trinajstić information content (AvgIpc) is 2.30. The molecule has 1 aromatic rings. The lowest BCUT2D eigenvalue weighted by Gasteiger charge is -2.47. The van der Waals surface area contributed by atoms with Gasteiger partial charge in [-0.05, 0) is 40.2 Å². The summed E-state index contributed by atoms with van der Waals surface area (Å²) >= 11 is 0. The topological polar surface area (TPSA) is 49.8 Å². The molecule has 0 aromatic heterocycles. The van der Waals surface area contributed by atoms with Crippen molar-refractivity contribution < 1.29 is 14.6 Å². The quantitative estimate of drug-likeness (QED) is 0.909. The van der Waals surface area contributed by atoms with E-state index in [0.29, 0.717) is 12.8 Å². The zero-order valence-corrected chi connectivity index (χ0v) is 14.4. The first-order valence-electron chi connectivity index (χ1n) is 7.77. The summed E-state index contributed by atoms with van der Waals surface area (Å²) < 4.78 is 5.37. The van der Waals surface area contributed by atoms with Gasteiger partial charge >= 0.3 is 6.09 Å². The van der Waals surface area contributed by atoms with Crippen molar-refractivity contribution in [3.8, 4) is 0 Å². The molecule has 4 nitrogen and oxygen atoms in total. The highest BCUT2D eigenvalue weighted by molar-refractivity contribution is 5.68. The summed E-state index contributed by atoms with van der Waals surface area (Å²) in [5.74, 6) is 0. The summed E-state index contributed by atoms with van der Waals surface area (Å²) in [6.07, 6.45) is 0.761. The Bertz CT molecular complexity index is 548. The van der Waals surface area contributed by atoms with Crippen molar-refractivity contribution in [1.82, 2.24) is 4.90 Å². The number of carbonyl (C=O) groups excluding carboxylic acids is 1. The fraction of sp³-hybridized carbons (Fsp3) is 0.611. The SMILES string of the molecule is Cc1cc(C)cc(C2(O)CC(N(C)C(=O)OC(C)(C)C)C2)c1. The molecule has 1 aliphatic carbocycles. The molecule has 22 heavy (non-hydrogen) atoms. The van der Waals surface area contributed by atoms with E-state index in [0.717, 1.165) is 16.7 Å². The molecule has 1 aliphatic rings. The van der Waals surface area contributed by atoms with Crippen molar-refractivity contribution in [2.45, 2.75) is 64.7 Å². The summed E-state index contributed by atoms with van der Waals surface area (Å²) in [5.41, 5.74) is 1.90. The zero-order valence-electron chi connectivity index (χ0n) is 14.4. The van der Waals surface area contributed by atoms with Crippen LogP contribution in [-0.2, 0) is 10.3 Å². The number of aliphatic hydroxyl groups is 1. The lowest BCUT2D eigenvalue weighted by molar-refractivity contribution is -0.0927. The second kappa shape index (κ2) is 5.58. The number of rotatable bonds is 2. The fourth-order valence-corrected chi connectivity index (χ4v) is 2.96. The van der Waals surface area contributed by atoms with Gasteiger partial charge in [0.15, 0.2) is 0 Å². The Morgan fingerprint density at radius 2 is 1.73 bits per heavy atom. The fourth-order valence-electron chi connectivity index (χ4n) is 2.96. The third-order valence-electron chi connectivity index (χ3n) is 4.13. The van der Waals surface area contributed by atoms with Crippen LogP contribution in [-0.4, -0.2) is 34.8 Å². The second-order valence-electron chi connectivity index (χ2n) is 7.56. The number of hydrogen-bond acceptors (Lipinski definition) is 3. The predicted molar refractivity (Wildman–Crippen MR) is 86.8 cm³/mol. The maximum Gasteiger partial charge on any atom is 0.410 e. The van der Waals surface area contributed by atoms with Crippen LogP contribution in [0.1, 0.15) is 50.3 Å². The third kappa shape index (κ3) is 3.61. The molecule has 0 atom stereocenters. The highest BCUT2D eigenvalue weighted by atomic mass is 16.6. The third-order valence-corrected chi connectivity index (χ3v) is 4.13. The van der Waals surface area contributed by atoms with E-state index in [-0.39, 0.29) is 12.1 Å². The predicted octanol–water partition coefficient (Wildman–Crippen LogP) is 3.52. The lowest BCUT2D eigenvalue weighted by Crippen LogP contribution is -2.54. The minimum Gasteiger partial charge on any atom is -0.444 e. The molecule has 1 fully saturated rings. The van der Waals surface area contributed by atoms with E-state index in [9.17, 15) is 9.90 Å². The van der Waals surface area contributed by atoms with Gasteiger partial charge in [0.05, 0.1) is 5.60 Å². The lowest BCUT2D eigenvalue weighted by atomic mass is 9.70. The maximum atomic E-state index is 12.1. The molecule has 122 valence electrons. The van der Waals surface area contributed by atoms with E-state index >= 15 is 0 Å². The van der Waals surface area contributed by atoms with E-state index in [1.165, 1.54) is 0 Å².